The van der Waals surface area contributed by atoms with Crippen molar-refractivity contribution in [2.24, 2.45) is 0 Å². The molecule has 1 rings (SSSR count). The lowest BCUT2D eigenvalue weighted by Crippen LogP contribution is -2.33. The minimum absolute atomic E-state index is 0.125. The van der Waals surface area contributed by atoms with Gasteiger partial charge in [-0.25, -0.2) is 13.2 Å². The van der Waals surface area contributed by atoms with Crippen LogP contribution in [0.1, 0.15) is 0 Å². The van der Waals surface area contributed by atoms with Gasteiger partial charge in [-0.1, -0.05) is 0 Å². The van der Waals surface area contributed by atoms with Crippen LogP contribution in [0.2, 0.25) is 0 Å². The van der Waals surface area contributed by atoms with E-state index < -0.39 is 24.8 Å². The minimum Gasteiger partial charge on any atom is -0.487 e. The van der Waals surface area contributed by atoms with Gasteiger partial charge in [-0.05, 0) is 28.1 Å². The Bertz CT molecular complexity index is 369. The molecule has 1 aromatic carbocycles. The van der Waals surface area contributed by atoms with Gasteiger partial charge in [0.15, 0.2) is 6.61 Å². The normalized spacial score (nSPS) is 11.9. The fraction of sp³-hybridized carbons (Fsp3) is 0.333. The molecule has 0 bridgehead atoms. The largest absolute Gasteiger partial charge is 0.487 e. The van der Waals surface area contributed by atoms with Crippen molar-refractivity contribution in [3.63, 3.8) is 0 Å². The van der Waals surface area contributed by atoms with Gasteiger partial charge in [0.05, 0.1) is 4.47 Å². The maximum atomic E-state index is 12.9. The van der Waals surface area contributed by atoms with E-state index in [0.717, 1.165) is 6.07 Å². The predicted octanol–water partition coefficient (Wildman–Crippen LogP) is 3.87. The highest BCUT2D eigenvalue weighted by atomic mass is 79.9. The first-order valence-electron chi connectivity index (χ1n) is 4.07. The van der Waals surface area contributed by atoms with E-state index in [-0.39, 0.29) is 10.2 Å². The molecule has 1 nitrogen and oxygen atoms in total. The Labute approximate surface area is 96.3 Å². The molecular weight excluding hydrogens is 299 g/mol. The summed E-state index contributed by atoms with van der Waals surface area (Å²) >= 11 is 2.84. The first-order valence-corrected chi connectivity index (χ1v) is 4.86. The Morgan fingerprint density at radius 2 is 1.94 bits per heavy atom. The fourth-order valence-electron chi connectivity index (χ4n) is 0.809. The third-order valence-corrected chi connectivity index (χ3v) is 2.28. The molecule has 0 radical (unpaired) electrons. The number of ether oxygens (including phenoxy) is 1. The average Bonchev–Trinajstić information content (AvgIpc) is 2.20. The van der Waals surface area contributed by atoms with Gasteiger partial charge >= 0.3 is 12.3 Å². The summed E-state index contributed by atoms with van der Waals surface area (Å²) in [7, 11) is 0. The van der Waals surface area contributed by atoms with Gasteiger partial charge in [0.25, 0.3) is 0 Å². The Hall–Kier alpha value is -0.850. The predicted molar refractivity (Wildman–Crippen MR) is 50.5 cm³/mol. The summed E-state index contributed by atoms with van der Waals surface area (Å²) in [6, 6.07) is 3.24. The molecule has 0 unspecified atom stereocenters. The first kappa shape index (κ1) is 13.2. The lowest BCUT2D eigenvalue weighted by molar-refractivity contribution is -0.148. The Kier molecular flexibility index (Phi) is 4.12. The number of rotatable bonds is 4. The quantitative estimate of drug-likeness (QED) is 0.767. The molecular formula is C9H6BrF5O. The molecule has 7 heteroatoms. The van der Waals surface area contributed by atoms with Crippen LogP contribution in [0.25, 0.3) is 0 Å². The van der Waals surface area contributed by atoms with Crippen LogP contribution in [0.3, 0.4) is 0 Å². The monoisotopic (exact) mass is 304 g/mol. The van der Waals surface area contributed by atoms with Gasteiger partial charge in [-0.2, -0.15) is 8.78 Å². The standard InChI is InChI=1S/C9H6BrF5O/c10-6-2-1-5(3-7(6)11)16-4-9(14,15)8(12)13/h1-3,8H,4H2. The van der Waals surface area contributed by atoms with E-state index in [2.05, 4.69) is 20.7 Å². The van der Waals surface area contributed by atoms with Crippen LogP contribution in [0.15, 0.2) is 22.7 Å². The topological polar surface area (TPSA) is 9.23 Å². The zero-order chi connectivity index (χ0) is 12.3. The molecule has 0 spiro atoms. The van der Waals surface area contributed by atoms with Crippen molar-refractivity contribution < 1.29 is 26.7 Å². The summed E-state index contributed by atoms with van der Waals surface area (Å²) in [6.45, 7) is -1.49. The molecule has 16 heavy (non-hydrogen) atoms. The summed E-state index contributed by atoms with van der Waals surface area (Å²) in [4.78, 5) is 0. The second-order valence-electron chi connectivity index (χ2n) is 2.93. The van der Waals surface area contributed by atoms with Crippen LogP contribution in [0.4, 0.5) is 22.0 Å². The number of alkyl halides is 4. The van der Waals surface area contributed by atoms with Gasteiger partial charge in [-0.3, -0.25) is 0 Å². The highest BCUT2D eigenvalue weighted by Gasteiger charge is 2.41. The summed E-state index contributed by atoms with van der Waals surface area (Å²) in [5.41, 5.74) is 0. The number of halogens is 6. The average molecular weight is 305 g/mol. The van der Waals surface area contributed by atoms with E-state index in [0.29, 0.717) is 0 Å². The van der Waals surface area contributed by atoms with Crippen molar-refractivity contribution in [1.29, 1.82) is 0 Å². The van der Waals surface area contributed by atoms with Gasteiger partial charge in [0.2, 0.25) is 0 Å². The van der Waals surface area contributed by atoms with Crippen LogP contribution < -0.4 is 4.74 Å². The summed E-state index contributed by atoms with van der Waals surface area (Å²) < 4.78 is 65.8. The molecule has 0 saturated heterocycles. The van der Waals surface area contributed by atoms with Crippen LogP contribution in [-0.4, -0.2) is 19.0 Å². The van der Waals surface area contributed by atoms with E-state index in [1.165, 1.54) is 12.1 Å². The van der Waals surface area contributed by atoms with Crippen LogP contribution in [0.5, 0.6) is 5.75 Å². The Balaban J connectivity index is 2.65. The maximum absolute atomic E-state index is 12.9. The van der Waals surface area contributed by atoms with Crippen molar-refractivity contribution in [1.82, 2.24) is 0 Å². The lowest BCUT2D eigenvalue weighted by Gasteiger charge is -2.15. The highest BCUT2D eigenvalue weighted by Crippen LogP contribution is 2.26. The smallest absolute Gasteiger partial charge is 0.340 e. The van der Waals surface area contributed by atoms with E-state index in [9.17, 15) is 22.0 Å². The summed E-state index contributed by atoms with van der Waals surface area (Å²) in [5, 5.41) is 0. The first-order chi connectivity index (χ1) is 7.33. The molecule has 0 fully saturated rings. The number of benzene rings is 1. The van der Waals surface area contributed by atoms with Gasteiger partial charge < -0.3 is 4.74 Å². The van der Waals surface area contributed by atoms with E-state index >= 15 is 0 Å². The second kappa shape index (κ2) is 4.99. The highest BCUT2D eigenvalue weighted by molar-refractivity contribution is 9.10. The molecule has 0 aromatic heterocycles. The van der Waals surface area contributed by atoms with Crippen molar-refractivity contribution in [3.8, 4) is 5.75 Å². The van der Waals surface area contributed by atoms with E-state index in [1.54, 1.807) is 0 Å². The molecule has 0 heterocycles. The Morgan fingerprint density at radius 1 is 1.31 bits per heavy atom. The number of hydrogen-bond donors (Lipinski definition) is 0. The molecule has 0 atom stereocenters. The zero-order valence-corrected chi connectivity index (χ0v) is 9.28. The van der Waals surface area contributed by atoms with Crippen molar-refractivity contribution >= 4 is 15.9 Å². The SMILES string of the molecule is Fc1cc(OCC(F)(F)C(F)F)ccc1Br. The van der Waals surface area contributed by atoms with Gasteiger partial charge in [0.1, 0.15) is 11.6 Å². The molecule has 90 valence electrons. The second-order valence-corrected chi connectivity index (χ2v) is 3.78. The molecule has 1 aromatic rings. The van der Waals surface area contributed by atoms with E-state index in [4.69, 9.17) is 0 Å². The molecule has 0 aliphatic carbocycles. The van der Waals surface area contributed by atoms with Crippen LogP contribution in [-0.2, 0) is 0 Å². The fourth-order valence-corrected chi connectivity index (χ4v) is 1.06. The molecule has 0 aliphatic rings. The third-order valence-electron chi connectivity index (χ3n) is 1.64. The van der Waals surface area contributed by atoms with Crippen molar-refractivity contribution in [2.45, 2.75) is 12.3 Å². The maximum Gasteiger partial charge on any atom is 0.340 e. The van der Waals surface area contributed by atoms with Crippen molar-refractivity contribution in [3.05, 3.63) is 28.5 Å². The molecule has 0 amide bonds. The van der Waals surface area contributed by atoms with Crippen LogP contribution >= 0.6 is 15.9 Å². The minimum atomic E-state index is -4.25. The summed E-state index contributed by atoms with van der Waals surface area (Å²) in [6.07, 6.45) is -3.81. The molecule has 0 saturated carbocycles. The van der Waals surface area contributed by atoms with Gasteiger partial charge in [-0.15, -0.1) is 0 Å². The van der Waals surface area contributed by atoms with Gasteiger partial charge in [0, 0.05) is 6.07 Å². The Morgan fingerprint density at radius 3 is 2.44 bits per heavy atom. The summed E-state index contributed by atoms with van der Waals surface area (Å²) in [5.74, 6) is -5.21. The lowest BCUT2D eigenvalue weighted by atomic mass is 10.3. The number of hydrogen-bond acceptors (Lipinski definition) is 1. The van der Waals surface area contributed by atoms with E-state index in [1.807, 2.05) is 0 Å². The zero-order valence-electron chi connectivity index (χ0n) is 7.69. The van der Waals surface area contributed by atoms with Crippen LogP contribution in [0, 0.1) is 5.82 Å². The third kappa shape index (κ3) is 3.33. The molecule has 0 aliphatic heterocycles. The van der Waals surface area contributed by atoms with Crippen molar-refractivity contribution in [2.75, 3.05) is 6.61 Å². The molecule has 0 N–H and O–H groups in total.